The van der Waals surface area contributed by atoms with E-state index in [-0.39, 0.29) is 12.2 Å². The Morgan fingerprint density at radius 2 is 1.59 bits per heavy atom. The van der Waals surface area contributed by atoms with Crippen LogP contribution in [0, 0.1) is 0 Å². The largest absolute Gasteiger partial charge is 0.496 e. The van der Waals surface area contributed by atoms with Crippen LogP contribution in [0.4, 0.5) is 21.9 Å². The predicted molar refractivity (Wildman–Crippen MR) is 150 cm³/mol. The maximum Gasteiger partial charge on any atom is 0.330 e. The third kappa shape index (κ3) is 5.01. The molecule has 4 rings (SSSR count). The number of halogens is 1. The number of carbonyl (C=O) groups excluding carboxylic acids is 1. The molecule has 2 amide bonds. The SMILES string of the molecule is CCCCN(C(=O)N1c2ccccc2N(Cc2ccccc2OC)C1C)c1ccc(OC)c(OC)c1Cl. The molecule has 0 saturated carbocycles. The molecule has 0 N–H and O–H groups in total. The smallest absolute Gasteiger partial charge is 0.330 e. The van der Waals surface area contributed by atoms with Crippen molar-refractivity contribution in [3.8, 4) is 17.2 Å². The Balaban J connectivity index is 1.74. The lowest BCUT2D eigenvalue weighted by molar-refractivity contribution is 0.249. The molecule has 0 radical (unpaired) electrons. The number of fused-ring (bicyclic) bond motifs is 1. The number of hydrogen-bond acceptors (Lipinski definition) is 5. The molecule has 0 aromatic heterocycles. The second-order valence-electron chi connectivity index (χ2n) is 8.85. The van der Waals surface area contributed by atoms with Crippen molar-refractivity contribution in [2.75, 3.05) is 42.6 Å². The number of rotatable bonds is 9. The summed E-state index contributed by atoms with van der Waals surface area (Å²) in [5, 5.41) is 0.345. The lowest BCUT2D eigenvalue weighted by Crippen LogP contribution is -2.50. The molecule has 7 nitrogen and oxygen atoms in total. The normalized spacial score (nSPS) is 14.4. The number of hydrogen-bond donors (Lipinski definition) is 0. The number of ether oxygens (including phenoxy) is 3. The van der Waals surface area contributed by atoms with E-state index in [1.54, 1.807) is 32.3 Å². The Kier molecular flexibility index (Phi) is 8.34. The first-order chi connectivity index (χ1) is 18.0. The van der Waals surface area contributed by atoms with Gasteiger partial charge < -0.3 is 19.1 Å². The van der Waals surface area contributed by atoms with Gasteiger partial charge in [-0.3, -0.25) is 9.80 Å². The van der Waals surface area contributed by atoms with E-state index in [4.69, 9.17) is 25.8 Å². The minimum Gasteiger partial charge on any atom is -0.496 e. The van der Waals surface area contributed by atoms with Gasteiger partial charge in [0.15, 0.2) is 11.5 Å². The standard InChI is InChI=1S/C29H34ClN3O4/c1-6-7-18-31(24-16-17-26(36-4)28(37-5)27(24)30)29(34)33-20(2)32(22-13-9-10-14-23(22)33)19-21-12-8-11-15-25(21)35-3/h8-17,20H,6-7,18-19H2,1-5H3. The molecular formula is C29H34ClN3O4. The van der Waals surface area contributed by atoms with Crippen molar-refractivity contribution in [3.05, 3.63) is 71.2 Å². The van der Waals surface area contributed by atoms with Gasteiger partial charge in [-0.05, 0) is 43.7 Å². The minimum absolute atomic E-state index is 0.148. The average Bonchev–Trinajstić information content (AvgIpc) is 3.20. The number of unbranched alkanes of at least 4 members (excludes halogenated alkanes) is 1. The van der Waals surface area contributed by atoms with Crippen LogP contribution in [0.2, 0.25) is 5.02 Å². The number of nitrogens with zero attached hydrogens (tertiary/aromatic N) is 3. The Morgan fingerprint density at radius 1 is 0.919 bits per heavy atom. The summed E-state index contributed by atoms with van der Waals surface area (Å²) in [5.41, 5.74) is 3.48. The molecule has 0 spiro atoms. The van der Waals surface area contributed by atoms with Crippen molar-refractivity contribution < 1.29 is 19.0 Å². The number of urea groups is 1. The lowest BCUT2D eigenvalue weighted by Gasteiger charge is -2.34. The van der Waals surface area contributed by atoms with Crippen LogP contribution in [0.15, 0.2) is 60.7 Å². The molecule has 3 aromatic rings. The Bertz CT molecular complexity index is 1250. The first-order valence-electron chi connectivity index (χ1n) is 12.5. The van der Waals surface area contributed by atoms with Crippen LogP contribution in [-0.2, 0) is 6.54 Å². The van der Waals surface area contributed by atoms with E-state index in [1.165, 1.54) is 0 Å². The molecular weight excluding hydrogens is 490 g/mol. The Hall–Kier alpha value is -3.58. The number of methoxy groups -OCH3 is 3. The molecule has 0 aliphatic carbocycles. The van der Waals surface area contributed by atoms with Crippen LogP contribution >= 0.6 is 11.6 Å². The zero-order chi connectivity index (χ0) is 26.5. The second-order valence-corrected chi connectivity index (χ2v) is 9.23. The first-order valence-corrected chi connectivity index (χ1v) is 12.8. The molecule has 196 valence electrons. The van der Waals surface area contributed by atoms with Gasteiger partial charge in [0.1, 0.15) is 16.9 Å². The molecule has 8 heteroatoms. The van der Waals surface area contributed by atoms with Crippen LogP contribution in [0.25, 0.3) is 0 Å². The van der Waals surface area contributed by atoms with Crippen LogP contribution < -0.4 is 28.9 Å². The van der Waals surface area contributed by atoms with Gasteiger partial charge in [0.25, 0.3) is 0 Å². The molecule has 1 unspecified atom stereocenters. The molecule has 1 aliphatic rings. The molecule has 1 aliphatic heterocycles. The summed E-state index contributed by atoms with van der Waals surface area (Å²) in [4.78, 5) is 20.1. The lowest BCUT2D eigenvalue weighted by atomic mass is 10.1. The maximum atomic E-state index is 14.3. The molecule has 1 atom stereocenters. The van der Waals surface area contributed by atoms with Crippen molar-refractivity contribution in [3.63, 3.8) is 0 Å². The van der Waals surface area contributed by atoms with Gasteiger partial charge in [0.05, 0.1) is 38.4 Å². The van der Waals surface area contributed by atoms with Gasteiger partial charge in [0.2, 0.25) is 0 Å². The fourth-order valence-corrected chi connectivity index (χ4v) is 5.14. The van der Waals surface area contributed by atoms with Crippen molar-refractivity contribution in [1.82, 2.24) is 0 Å². The van der Waals surface area contributed by atoms with Crippen LogP contribution in [-0.4, -0.2) is 40.1 Å². The van der Waals surface area contributed by atoms with Gasteiger partial charge in [-0.1, -0.05) is 55.3 Å². The van der Waals surface area contributed by atoms with E-state index in [2.05, 4.69) is 17.9 Å². The van der Waals surface area contributed by atoms with E-state index in [1.807, 2.05) is 60.4 Å². The van der Waals surface area contributed by atoms with Crippen LogP contribution in [0.3, 0.4) is 0 Å². The quantitative estimate of drug-likeness (QED) is 0.303. The van der Waals surface area contributed by atoms with Crippen molar-refractivity contribution in [2.45, 2.75) is 39.4 Å². The van der Waals surface area contributed by atoms with Crippen molar-refractivity contribution in [1.29, 1.82) is 0 Å². The summed E-state index contributed by atoms with van der Waals surface area (Å²) in [7, 11) is 4.78. The first kappa shape index (κ1) is 26.5. The van der Waals surface area contributed by atoms with Crippen LogP contribution in [0.1, 0.15) is 32.3 Å². The number of carbonyl (C=O) groups is 1. The van der Waals surface area contributed by atoms with Gasteiger partial charge in [0, 0.05) is 18.7 Å². The number of benzene rings is 3. The monoisotopic (exact) mass is 523 g/mol. The maximum absolute atomic E-state index is 14.3. The summed E-state index contributed by atoms with van der Waals surface area (Å²) in [6, 6.07) is 19.4. The topological polar surface area (TPSA) is 54.5 Å². The number of para-hydroxylation sites is 3. The van der Waals surface area contributed by atoms with Gasteiger partial charge in [-0.15, -0.1) is 0 Å². The van der Waals surface area contributed by atoms with Gasteiger partial charge >= 0.3 is 6.03 Å². The van der Waals surface area contributed by atoms with Crippen LogP contribution in [0.5, 0.6) is 17.2 Å². The highest BCUT2D eigenvalue weighted by molar-refractivity contribution is 6.35. The third-order valence-electron chi connectivity index (χ3n) is 6.74. The van der Waals surface area contributed by atoms with Gasteiger partial charge in [-0.25, -0.2) is 4.79 Å². The average molecular weight is 524 g/mol. The fraction of sp³-hybridized carbons (Fsp3) is 0.345. The molecule has 3 aromatic carbocycles. The zero-order valence-corrected chi connectivity index (χ0v) is 22.8. The molecule has 1 heterocycles. The molecule has 37 heavy (non-hydrogen) atoms. The zero-order valence-electron chi connectivity index (χ0n) is 22.0. The summed E-state index contributed by atoms with van der Waals surface area (Å²) in [6.45, 7) is 5.25. The van der Waals surface area contributed by atoms with Gasteiger partial charge in [-0.2, -0.15) is 0 Å². The van der Waals surface area contributed by atoms with E-state index < -0.39 is 0 Å². The summed E-state index contributed by atoms with van der Waals surface area (Å²) in [5.74, 6) is 1.74. The Morgan fingerprint density at radius 3 is 2.27 bits per heavy atom. The Labute approximate surface area is 224 Å². The van der Waals surface area contributed by atoms with Crippen molar-refractivity contribution >= 4 is 34.7 Å². The molecule has 0 fully saturated rings. The second kappa shape index (κ2) is 11.6. The number of amides is 2. The van der Waals surface area contributed by atoms with E-state index in [9.17, 15) is 4.79 Å². The van der Waals surface area contributed by atoms with Crippen molar-refractivity contribution in [2.24, 2.45) is 0 Å². The summed E-state index contributed by atoms with van der Waals surface area (Å²) in [6.07, 6.45) is 1.52. The minimum atomic E-state index is -0.238. The van der Waals surface area contributed by atoms with E-state index in [0.717, 1.165) is 35.5 Å². The fourth-order valence-electron chi connectivity index (χ4n) is 4.80. The predicted octanol–water partition coefficient (Wildman–Crippen LogP) is 6.97. The van der Waals surface area contributed by atoms with E-state index >= 15 is 0 Å². The summed E-state index contributed by atoms with van der Waals surface area (Å²) < 4.78 is 16.5. The number of anilines is 3. The highest BCUT2D eigenvalue weighted by Crippen LogP contribution is 2.45. The molecule has 0 bridgehead atoms. The molecule has 0 saturated heterocycles. The summed E-state index contributed by atoms with van der Waals surface area (Å²) >= 11 is 6.78. The highest BCUT2D eigenvalue weighted by atomic mass is 35.5. The third-order valence-corrected chi connectivity index (χ3v) is 7.10. The highest BCUT2D eigenvalue weighted by Gasteiger charge is 2.39. The van der Waals surface area contributed by atoms with E-state index in [0.29, 0.717) is 35.3 Å².